The molecule has 1 aliphatic rings. The number of nitrogens with one attached hydrogen (secondary N) is 1. The molecular formula is C13H20N4O3. The lowest BCUT2D eigenvalue weighted by Gasteiger charge is -2.15. The second-order valence-corrected chi connectivity index (χ2v) is 4.91. The van der Waals surface area contributed by atoms with E-state index in [1.807, 2.05) is 13.8 Å². The molecule has 3 atom stereocenters. The Hall–Kier alpha value is -1.89. The van der Waals surface area contributed by atoms with E-state index < -0.39 is 6.09 Å². The van der Waals surface area contributed by atoms with Gasteiger partial charge in [0.15, 0.2) is 0 Å². The first kappa shape index (κ1) is 14.5. The summed E-state index contributed by atoms with van der Waals surface area (Å²) in [5, 5.41) is 2.76. The molecule has 0 bridgehead atoms. The molecular weight excluding hydrogens is 260 g/mol. The molecule has 1 aromatic rings. The van der Waals surface area contributed by atoms with Gasteiger partial charge in [-0.3, -0.25) is 0 Å². The first-order chi connectivity index (χ1) is 9.58. The molecule has 2 rings (SSSR count). The molecule has 20 heavy (non-hydrogen) atoms. The topological polar surface area (TPSA) is 99.4 Å². The van der Waals surface area contributed by atoms with Crippen molar-refractivity contribution >= 4 is 12.0 Å². The molecule has 0 aromatic carbocycles. The Morgan fingerprint density at radius 1 is 1.60 bits per heavy atom. The van der Waals surface area contributed by atoms with E-state index in [9.17, 15) is 4.79 Å². The minimum Gasteiger partial charge on any atom is -0.444 e. The van der Waals surface area contributed by atoms with Gasteiger partial charge >= 0.3 is 6.09 Å². The molecule has 110 valence electrons. The maximum atomic E-state index is 11.6. The predicted molar refractivity (Wildman–Crippen MR) is 72.9 cm³/mol. The number of hydrogen-bond donors (Lipinski definition) is 2. The molecule has 0 saturated carbocycles. The monoisotopic (exact) mass is 280 g/mol. The molecule has 1 aromatic heterocycles. The average Bonchev–Trinajstić information content (AvgIpc) is 2.87. The fraction of sp³-hybridized carbons (Fsp3) is 0.615. The zero-order valence-corrected chi connectivity index (χ0v) is 11.7. The van der Waals surface area contributed by atoms with Crippen LogP contribution in [0, 0.1) is 0 Å². The van der Waals surface area contributed by atoms with Crippen molar-refractivity contribution in [3.8, 4) is 0 Å². The highest BCUT2D eigenvalue weighted by molar-refractivity contribution is 5.67. The van der Waals surface area contributed by atoms with Gasteiger partial charge in [-0.2, -0.15) is 0 Å². The van der Waals surface area contributed by atoms with Gasteiger partial charge < -0.3 is 20.5 Å². The van der Waals surface area contributed by atoms with Crippen molar-refractivity contribution in [2.24, 2.45) is 0 Å². The van der Waals surface area contributed by atoms with Crippen molar-refractivity contribution in [2.75, 3.05) is 12.3 Å². The number of carbonyl (C=O) groups is 1. The smallest absolute Gasteiger partial charge is 0.407 e. The van der Waals surface area contributed by atoms with Crippen molar-refractivity contribution in [2.45, 2.75) is 44.9 Å². The van der Waals surface area contributed by atoms with E-state index in [1.54, 1.807) is 12.4 Å². The third kappa shape index (κ3) is 3.80. The second kappa shape index (κ2) is 6.51. The summed E-state index contributed by atoms with van der Waals surface area (Å²) >= 11 is 0. The number of nitrogens with zero attached hydrogens (tertiary/aromatic N) is 2. The highest BCUT2D eigenvalue weighted by Gasteiger charge is 2.30. The van der Waals surface area contributed by atoms with E-state index in [-0.39, 0.29) is 24.2 Å². The fourth-order valence-corrected chi connectivity index (χ4v) is 1.92. The van der Waals surface area contributed by atoms with E-state index in [2.05, 4.69) is 15.3 Å². The Morgan fingerprint density at radius 3 is 2.95 bits per heavy atom. The summed E-state index contributed by atoms with van der Waals surface area (Å²) in [5.41, 5.74) is 6.28. The quantitative estimate of drug-likeness (QED) is 0.865. The van der Waals surface area contributed by atoms with Crippen molar-refractivity contribution in [1.29, 1.82) is 0 Å². The first-order valence-corrected chi connectivity index (χ1v) is 6.74. The largest absolute Gasteiger partial charge is 0.444 e. The molecule has 1 aliphatic heterocycles. The summed E-state index contributed by atoms with van der Waals surface area (Å²) in [7, 11) is 0. The minimum absolute atomic E-state index is 0.103. The normalized spacial score (nSPS) is 23.3. The zero-order valence-electron chi connectivity index (χ0n) is 11.7. The van der Waals surface area contributed by atoms with Gasteiger partial charge in [0.1, 0.15) is 6.10 Å². The fourth-order valence-electron chi connectivity index (χ4n) is 1.92. The van der Waals surface area contributed by atoms with E-state index in [1.165, 1.54) is 0 Å². The van der Waals surface area contributed by atoms with Gasteiger partial charge in [-0.1, -0.05) is 6.92 Å². The third-order valence-corrected chi connectivity index (χ3v) is 3.27. The molecule has 0 radical (unpaired) electrons. The number of carbonyl (C=O) groups excluding carboxylic acids is 1. The SMILES string of the molecule is CC[C@H](C)NC(=O)O[C@H]1CO[C@H](c2cnc(N)nc2)C1. The van der Waals surface area contributed by atoms with Crippen LogP contribution in [-0.2, 0) is 9.47 Å². The van der Waals surface area contributed by atoms with Gasteiger partial charge in [0, 0.05) is 30.4 Å². The maximum Gasteiger partial charge on any atom is 0.407 e. The molecule has 0 aliphatic carbocycles. The molecule has 3 N–H and O–H groups in total. The molecule has 1 saturated heterocycles. The van der Waals surface area contributed by atoms with Crippen LogP contribution in [0.3, 0.4) is 0 Å². The van der Waals surface area contributed by atoms with Gasteiger partial charge in [-0.05, 0) is 13.3 Å². The van der Waals surface area contributed by atoms with Crippen LogP contribution in [0.1, 0.15) is 38.4 Å². The number of rotatable bonds is 4. The molecule has 2 heterocycles. The van der Waals surface area contributed by atoms with Gasteiger partial charge in [0.2, 0.25) is 5.95 Å². The van der Waals surface area contributed by atoms with E-state index in [0.29, 0.717) is 13.0 Å². The molecule has 0 spiro atoms. The molecule has 0 unspecified atom stereocenters. The lowest BCUT2D eigenvalue weighted by Crippen LogP contribution is -2.35. The first-order valence-electron chi connectivity index (χ1n) is 6.74. The Balaban J connectivity index is 1.83. The highest BCUT2D eigenvalue weighted by Crippen LogP contribution is 2.29. The zero-order chi connectivity index (χ0) is 14.5. The summed E-state index contributed by atoms with van der Waals surface area (Å²) in [5.74, 6) is 0.229. The van der Waals surface area contributed by atoms with Crippen LogP contribution in [0.4, 0.5) is 10.7 Å². The number of hydrogen-bond acceptors (Lipinski definition) is 6. The second-order valence-electron chi connectivity index (χ2n) is 4.91. The van der Waals surface area contributed by atoms with E-state index >= 15 is 0 Å². The maximum absolute atomic E-state index is 11.6. The molecule has 7 nitrogen and oxygen atoms in total. The van der Waals surface area contributed by atoms with Crippen molar-refractivity contribution in [3.63, 3.8) is 0 Å². The summed E-state index contributed by atoms with van der Waals surface area (Å²) in [6.07, 6.45) is 3.92. The Labute approximate surface area is 117 Å². The predicted octanol–water partition coefficient (Wildman–Crippen LogP) is 1.41. The Kier molecular flexibility index (Phi) is 4.73. The van der Waals surface area contributed by atoms with Crippen LogP contribution < -0.4 is 11.1 Å². The Bertz CT molecular complexity index is 451. The number of alkyl carbamates (subject to hydrolysis) is 1. The van der Waals surface area contributed by atoms with Crippen LogP contribution in [0.25, 0.3) is 0 Å². The summed E-state index contributed by atoms with van der Waals surface area (Å²) in [6.45, 7) is 4.31. The van der Waals surface area contributed by atoms with Crippen molar-refractivity contribution < 1.29 is 14.3 Å². The lowest BCUT2D eigenvalue weighted by atomic mass is 10.1. The molecule has 7 heteroatoms. The van der Waals surface area contributed by atoms with Crippen molar-refractivity contribution in [3.05, 3.63) is 18.0 Å². The van der Waals surface area contributed by atoms with Crippen LogP contribution in [-0.4, -0.2) is 34.8 Å². The Morgan fingerprint density at radius 2 is 2.30 bits per heavy atom. The number of nitrogens with two attached hydrogens (primary N) is 1. The summed E-state index contributed by atoms with van der Waals surface area (Å²) < 4.78 is 10.9. The standard InChI is InChI=1S/C13H20N4O3/c1-3-8(2)17-13(18)20-10-4-11(19-7-10)9-5-15-12(14)16-6-9/h5-6,8,10-11H,3-4,7H2,1-2H3,(H,17,18)(H2,14,15,16)/t8-,10+,11-/m0/s1. The molecule has 1 amide bonds. The van der Waals surface area contributed by atoms with Crippen LogP contribution in [0.15, 0.2) is 12.4 Å². The van der Waals surface area contributed by atoms with Gasteiger partial charge in [0.05, 0.1) is 12.7 Å². The summed E-state index contributed by atoms with van der Waals surface area (Å²) in [4.78, 5) is 19.5. The molecule has 1 fully saturated rings. The van der Waals surface area contributed by atoms with Crippen LogP contribution in [0.2, 0.25) is 0 Å². The van der Waals surface area contributed by atoms with Gasteiger partial charge in [-0.25, -0.2) is 14.8 Å². The highest BCUT2D eigenvalue weighted by atomic mass is 16.6. The van der Waals surface area contributed by atoms with E-state index in [4.69, 9.17) is 15.2 Å². The van der Waals surface area contributed by atoms with Crippen molar-refractivity contribution in [1.82, 2.24) is 15.3 Å². The van der Waals surface area contributed by atoms with E-state index in [0.717, 1.165) is 12.0 Å². The number of nitrogen functional groups attached to an aromatic ring is 1. The van der Waals surface area contributed by atoms with Crippen LogP contribution >= 0.6 is 0 Å². The van der Waals surface area contributed by atoms with Gasteiger partial charge in [-0.15, -0.1) is 0 Å². The number of amides is 1. The number of anilines is 1. The number of ether oxygens (including phenoxy) is 2. The average molecular weight is 280 g/mol. The van der Waals surface area contributed by atoms with Gasteiger partial charge in [0.25, 0.3) is 0 Å². The third-order valence-electron chi connectivity index (χ3n) is 3.27. The minimum atomic E-state index is -0.401. The number of aromatic nitrogens is 2. The van der Waals surface area contributed by atoms with Crippen LogP contribution in [0.5, 0.6) is 0 Å². The lowest BCUT2D eigenvalue weighted by molar-refractivity contribution is 0.0686. The summed E-state index contributed by atoms with van der Waals surface area (Å²) in [6, 6.07) is 0.103.